The van der Waals surface area contributed by atoms with Crippen LogP contribution < -0.4 is 19.7 Å². The van der Waals surface area contributed by atoms with Crippen molar-refractivity contribution in [3.8, 4) is 11.5 Å². The highest BCUT2D eigenvalue weighted by molar-refractivity contribution is 7.99. The molecule has 228 valence electrons. The summed E-state index contributed by atoms with van der Waals surface area (Å²) in [5, 5.41) is 3.27. The number of hydrogen-bond donors (Lipinski definition) is 1. The fourth-order valence-electron chi connectivity index (χ4n) is 5.70. The Hall–Kier alpha value is -3.53. The summed E-state index contributed by atoms with van der Waals surface area (Å²) in [5.41, 5.74) is 4.53. The van der Waals surface area contributed by atoms with Gasteiger partial charge in [-0.15, -0.1) is 11.8 Å². The zero-order valence-electron chi connectivity index (χ0n) is 24.9. The predicted molar refractivity (Wildman–Crippen MR) is 168 cm³/mol. The van der Waals surface area contributed by atoms with E-state index in [2.05, 4.69) is 23.5 Å². The van der Waals surface area contributed by atoms with E-state index in [9.17, 15) is 9.59 Å². The molecule has 1 saturated heterocycles. The fourth-order valence-corrected chi connectivity index (χ4v) is 6.75. The van der Waals surface area contributed by atoms with Gasteiger partial charge in [0.25, 0.3) is 0 Å². The molecule has 1 aliphatic heterocycles. The molecule has 3 aromatic carbocycles. The summed E-state index contributed by atoms with van der Waals surface area (Å²) < 4.78 is 21.9. The van der Waals surface area contributed by atoms with E-state index in [4.69, 9.17) is 18.9 Å². The molecule has 1 N–H and O–H groups in total. The summed E-state index contributed by atoms with van der Waals surface area (Å²) in [6.45, 7) is 2.69. The van der Waals surface area contributed by atoms with Crippen LogP contribution in [0, 0.1) is 5.92 Å². The van der Waals surface area contributed by atoms with Gasteiger partial charge in [-0.2, -0.15) is 0 Å². The van der Waals surface area contributed by atoms with E-state index in [1.807, 2.05) is 53.4 Å². The minimum Gasteiger partial charge on any atom is -0.496 e. The third-order valence-electron chi connectivity index (χ3n) is 7.88. The van der Waals surface area contributed by atoms with Crippen molar-refractivity contribution in [2.24, 2.45) is 5.92 Å². The van der Waals surface area contributed by atoms with Gasteiger partial charge >= 0.3 is 5.97 Å². The average molecular weight is 605 g/mol. The van der Waals surface area contributed by atoms with Gasteiger partial charge in [-0.3, -0.25) is 9.59 Å². The molecular weight excluding hydrogens is 564 g/mol. The molecule has 1 amide bonds. The number of fused-ring (bicyclic) bond motifs is 1. The smallest absolute Gasteiger partial charge is 0.305 e. The minimum atomic E-state index is -0.146. The number of piperazine rings is 1. The molecule has 8 nitrogen and oxygen atoms in total. The molecule has 0 bridgehead atoms. The number of ether oxygens (including phenoxy) is 4. The molecule has 0 radical (unpaired) electrons. The first-order chi connectivity index (χ1) is 21.0. The van der Waals surface area contributed by atoms with E-state index in [0.717, 1.165) is 54.3 Å². The molecule has 0 saturated carbocycles. The van der Waals surface area contributed by atoms with Crippen LogP contribution in [0.5, 0.6) is 11.5 Å². The number of carbonyl (C=O) groups is 2. The number of benzene rings is 3. The molecular formula is C34H40N2O6S. The molecule has 5 rings (SSSR count). The molecule has 2 atom stereocenters. The third kappa shape index (κ3) is 8.31. The SMILES string of the molecule is COC(=O)CC1Cc2ccc(SC[C@H]3CNCC(=O)N3c3ccc(OCCCOCc4ccccc4OC)cc3)cc2C1. The summed E-state index contributed by atoms with van der Waals surface area (Å²) in [6, 6.07) is 22.2. The van der Waals surface area contributed by atoms with E-state index in [1.54, 1.807) is 18.9 Å². The monoisotopic (exact) mass is 604 g/mol. The van der Waals surface area contributed by atoms with Crippen molar-refractivity contribution in [3.63, 3.8) is 0 Å². The van der Waals surface area contributed by atoms with Crippen molar-refractivity contribution in [2.75, 3.05) is 51.2 Å². The molecule has 1 aliphatic carbocycles. The Balaban J connectivity index is 1.09. The van der Waals surface area contributed by atoms with Gasteiger partial charge in [0, 0.05) is 41.3 Å². The van der Waals surface area contributed by atoms with Gasteiger partial charge < -0.3 is 29.2 Å². The van der Waals surface area contributed by atoms with Crippen LogP contribution in [0.25, 0.3) is 0 Å². The van der Waals surface area contributed by atoms with Gasteiger partial charge in [0.2, 0.25) is 5.91 Å². The van der Waals surface area contributed by atoms with Crippen LogP contribution in [-0.2, 0) is 38.5 Å². The number of amides is 1. The van der Waals surface area contributed by atoms with E-state index in [-0.39, 0.29) is 17.9 Å². The van der Waals surface area contributed by atoms with Gasteiger partial charge in [0.05, 0.1) is 46.6 Å². The first-order valence-corrected chi connectivity index (χ1v) is 15.8. The minimum absolute atomic E-state index is 0.0266. The van der Waals surface area contributed by atoms with Crippen LogP contribution >= 0.6 is 11.8 Å². The second-order valence-electron chi connectivity index (χ2n) is 10.9. The van der Waals surface area contributed by atoms with Crippen molar-refractivity contribution in [1.82, 2.24) is 5.32 Å². The second-order valence-corrected chi connectivity index (χ2v) is 12.0. The lowest BCUT2D eigenvalue weighted by Gasteiger charge is -2.36. The number of para-hydroxylation sites is 1. The van der Waals surface area contributed by atoms with Crippen LogP contribution in [0.15, 0.2) is 71.6 Å². The Kier molecular flexibility index (Phi) is 11.0. The van der Waals surface area contributed by atoms with E-state index >= 15 is 0 Å². The molecule has 0 spiro atoms. The van der Waals surface area contributed by atoms with Gasteiger partial charge in [-0.1, -0.05) is 24.3 Å². The van der Waals surface area contributed by atoms with Crippen molar-refractivity contribution >= 4 is 29.3 Å². The van der Waals surface area contributed by atoms with E-state index in [0.29, 0.717) is 38.7 Å². The highest BCUT2D eigenvalue weighted by Gasteiger charge is 2.30. The molecule has 43 heavy (non-hydrogen) atoms. The van der Waals surface area contributed by atoms with Crippen LogP contribution in [0.1, 0.15) is 29.5 Å². The van der Waals surface area contributed by atoms with Crippen molar-refractivity contribution in [1.29, 1.82) is 0 Å². The zero-order valence-corrected chi connectivity index (χ0v) is 25.7. The Labute approximate surface area is 258 Å². The molecule has 1 fully saturated rings. The van der Waals surface area contributed by atoms with Crippen LogP contribution in [0.2, 0.25) is 0 Å². The van der Waals surface area contributed by atoms with E-state index < -0.39 is 0 Å². The summed E-state index contributed by atoms with van der Waals surface area (Å²) >= 11 is 1.77. The Bertz CT molecular complexity index is 1380. The number of carbonyl (C=O) groups excluding carboxylic acids is 2. The quantitative estimate of drug-likeness (QED) is 0.155. The summed E-state index contributed by atoms with van der Waals surface area (Å²) in [6.07, 6.45) is 3.04. The van der Waals surface area contributed by atoms with Crippen molar-refractivity contribution < 1.29 is 28.5 Å². The lowest BCUT2D eigenvalue weighted by molar-refractivity contribution is -0.141. The highest BCUT2D eigenvalue weighted by atomic mass is 32.2. The first-order valence-electron chi connectivity index (χ1n) is 14.8. The van der Waals surface area contributed by atoms with Gasteiger partial charge in [-0.05, 0) is 72.4 Å². The normalized spacial score (nSPS) is 17.9. The lowest BCUT2D eigenvalue weighted by Crippen LogP contribution is -2.56. The number of nitrogens with zero attached hydrogens (tertiary/aromatic N) is 1. The number of methoxy groups -OCH3 is 2. The maximum Gasteiger partial charge on any atom is 0.305 e. The predicted octanol–water partition coefficient (Wildman–Crippen LogP) is 5.06. The number of esters is 1. The molecule has 1 heterocycles. The van der Waals surface area contributed by atoms with Crippen molar-refractivity contribution in [3.05, 3.63) is 83.4 Å². The van der Waals surface area contributed by atoms with Crippen LogP contribution in [-0.4, -0.2) is 64.2 Å². The Morgan fingerprint density at radius 3 is 2.63 bits per heavy atom. The molecule has 1 unspecified atom stereocenters. The Morgan fingerprint density at radius 1 is 1.00 bits per heavy atom. The van der Waals surface area contributed by atoms with Gasteiger partial charge in [-0.25, -0.2) is 0 Å². The topological polar surface area (TPSA) is 86.3 Å². The van der Waals surface area contributed by atoms with Gasteiger partial charge in [0.1, 0.15) is 11.5 Å². The van der Waals surface area contributed by atoms with E-state index in [1.165, 1.54) is 23.1 Å². The number of thioether (sulfide) groups is 1. The van der Waals surface area contributed by atoms with Crippen LogP contribution in [0.3, 0.4) is 0 Å². The maximum absolute atomic E-state index is 13.0. The summed E-state index contributed by atoms with van der Waals surface area (Å²) in [4.78, 5) is 27.8. The number of hydrogen-bond acceptors (Lipinski definition) is 8. The van der Waals surface area contributed by atoms with Crippen LogP contribution in [0.4, 0.5) is 5.69 Å². The lowest BCUT2D eigenvalue weighted by atomic mass is 10.0. The number of nitrogens with one attached hydrogen (secondary N) is 1. The Morgan fingerprint density at radius 2 is 1.81 bits per heavy atom. The summed E-state index contributed by atoms with van der Waals surface area (Å²) in [7, 11) is 3.11. The largest absolute Gasteiger partial charge is 0.496 e. The standard InChI is InChI=1S/C34H40N2O6S/c1-39-32-7-4-3-6-26(32)22-41-14-5-15-42-30-11-9-28(10-12-30)36-29(20-35-21-33(36)37)23-43-31-13-8-25-16-24(17-27(25)19-31)18-34(38)40-2/h3-4,6-13,19,24,29,35H,5,14-18,20-23H2,1-2H3/t24?,29-/m1/s1. The zero-order chi connectivity index (χ0) is 30.0. The summed E-state index contributed by atoms with van der Waals surface area (Å²) in [5.74, 6) is 2.60. The van der Waals surface area contributed by atoms with Crippen molar-refractivity contribution in [2.45, 2.75) is 43.2 Å². The first kappa shape index (κ1) is 30.9. The molecule has 3 aromatic rings. The molecule has 0 aromatic heterocycles. The average Bonchev–Trinajstić information content (AvgIpc) is 3.43. The molecule has 9 heteroatoms. The highest BCUT2D eigenvalue weighted by Crippen LogP contribution is 2.33. The third-order valence-corrected chi connectivity index (χ3v) is 9.02. The molecule has 2 aliphatic rings. The fraction of sp³-hybridized carbons (Fsp3) is 0.412. The van der Waals surface area contributed by atoms with Gasteiger partial charge in [0.15, 0.2) is 0 Å². The number of rotatable bonds is 14. The number of anilines is 1. The second kappa shape index (κ2) is 15.3. The maximum atomic E-state index is 13.0.